The molecule has 2 heterocycles. The van der Waals surface area contributed by atoms with E-state index in [1.165, 1.54) is 0 Å². The Morgan fingerprint density at radius 1 is 1.50 bits per heavy atom. The van der Waals surface area contributed by atoms with Gasteiger partial charge in [-0.2, -0.15) is 0 Å². The fourth-order valence-corrected chi connectivity index (χ4v) is 1.69. The van der Waals surface area contributed by atoms with Crippen LogP contribution in [0.1, 0.15) is 12.6 Å². The number of nitrogens with zero attached hydrogens (tertiary/aromatic N) is 3. The van der Waals surface area contributed by atoms with Crippen molar-refractivity contribution in [2.75, 3.05) is 11.9 Å². The Hall–Kier alpha value is -2.44. The summed E-state index contributed by atoms with van der Waals surface area (Å²) in [4.78, 5) is 21.8. The van der Waals surface area contributed by atoms with Crippen LogP contribution in [-0.4, -0.2) is 26.4 Å². The van der Waals surface area contributed by atoms with Gasteiger partial charge in [0.05, 0.1) is 10.6 Å². The minimum Gasteiger partial charge on any atom is -0.360 e. The molecule has 18 heavy (non-hydrogen) atoms. The summed E-state index contributed by atoms with van der Waals surface area (Å²) in [6.07, 6.45) is 1.70. The number of nitrogens with one attached hydrogen (secondary N) is 2. The number of rotatable bonds is 4. The van der Waals surface area contributed by atoms with E-state index in [-0.39, 0.29) is 5.69 Å². The zero-order valence-corrected chi connectivity index (χ0v) is 10.1. The fourth-order valence-electron chi connectivity index (χ4n) is 1.69. The maximum Gasteiger partial charge on any atom is 0.318 e. The summed E-state index contributed by atoms with van der Waals surface area (Å²) in [6.45, 7) is 4.17. The fraction of sp³-hybridized carbons (Fsp3) is 0.273. The van der Waals surface area contributed by atoms with Crippen LogP contribution in [-0.2, 0) is 0 Å². The first-order chi connectivity index (χ1) is 8.63. The molecule has 2 N–H and O–H groups in total. The number of aromatic nitrogens is 3. The Morgan fingerprint density at radius 3 is 2.83 bits per heavy atom. The molecule has 94 valence electrons. The van der Waals surface area contributed by atoms with E-state index in [9.17, 15) is 10.1 Å². The van der Waals surface area contributed by atoms with Crippen LogP contribution in [0.4, 0.5) is 11.6 Å². The van der Waals surface area contributed by atoms with Gasteiger partial charge in [0.25, 0.3) is 0 Å². The summed E-state index contributed by atoms with van der Waals surface area (Å²) in [5.74, 6) is 0.394. The van der Waals surface area contributed by atoms with Gasteiger partial charge in [0.15, 0.2) is 5.69 Å². The van der Waals surface area contributed by atoms with Gasteiger partial charge in [-0.05, 0) is 26.0 Å². The number of hydrogen-bond acceptors (Lipinski definition) is 5. The molecule has 0 atom stereocenters. The summed E-state index contributed by atoms with van der Waals surface area (Å²) in [5, 5.41) is 14.1. The minimum absolute atomic E-state index is 0.0703. The van der Waals surface area contributed by atoms with Gasteiger partial charge in [0.2, 0.25) is 5.95 Å². The van der Waals surface area contributed by atoms with Crippen LogP contribution < -0.4 is 5.32 Å². The van der Waals surface area contributed by atoms with E-state index in [0.29, 0.717) is 29.6 Å². The number of nitro groups is 1. The molecule has 0 aromatic carbocycles. The van der Waals surface area contributed by atoms with Gasteiger partial charge < -0.3 is 10.3 Å². The van der Waals surface area contributed by atoms with E-state index in [2.05, 4.69) is 20.3 Å². The molecule has 0 amide bonds. The summed E-state index contributed by atoms with van der Waals surface area (Å²) < 4.78 is 0. The van der Waals surface area contributed by atoms with Crippen molar-refractivity contribution in [2.45, 2.75) is 13.8 Å². The smallest absolute Gasteiger partial charge is 0.318 e. The maximum absolute atomic E-state index is 11.1. The van der Waals surface area contributed by atoms with Gasteiger partial charge in [-0.1, -0.05) is 0 Å². The summed E-state index contributed by atoms with van der Waals surface area (Å²) >= 11 is 0. The summed E-state index contributed by atoms with van der Waals surface area (Å²) in [6, 6.07) is 3.51. The molecule has 0 spiro atoms. The van der Waals surface area contributed by atoms with E-state index in [1.54, 1.807) is 25.3 Å². The van der Waals surface area contributed by atoms with E-state index >= 15 is 0 Å². The number of aryl methyl sites for hydroxylation is 1. The highest BCUT2D eigenvalue weighted by Gasteiger charge is 2.23. The standard InChI is InChI=1S/C11H13N5O2/c1-3-12-11-14-7(2)10(16(17)18)9(15-11)8-5-4-6-13-8/h4-6,13H,3H2,1-2H3,(H,12,14,15). The van der Waals surface area contributed by atoms with Crippen molar-refractivity contribution in [3.8, 4) is 11.4 Å². The Bertz CT molecular complexity index is 565. The molecule has 0 aliphatic rings. The average Bonchev–Trinajstić information content (AvgIpc) is 2.81. The van der Waals surface area contributed by atoms with E-state index < -0.39 is 4.92 Å². The van der Waals surface area contributed by atoms with Gasteiger partial charge in [0, 0.05) is 12.7 Å². The first kappa shape index (κ1) is 12.0. The molecule has 0 radical (unpaired) electrons. The lowest BCUT2D eigenvalue weighted by Crippen LogP contribution is -2.07. The second-order valence-electron chi connectivity index (χ2n) is 3.70. The first-order valence-electron chi connectivity index (χ1n) is 5.54. The molecule has 7 nitrogen and oxygen atoms in total. The van der Waals surface area contributed by atoms with Gasteiger partial charge in [-0.15, -0.1) is 0 Å². The molecular formula is C11H13N5O2. The lowest BCUT2D eigenvalue weighted by molar-refractivity contribution is -0.385. The van der Waals surface area contributed by atoms with Gasteiger partial charge in [-0.25, -0.2) is 9.97 Å². The molecule has 0 bridgehead atoms. The second-order valence-corrected chi connectivity index (χ2v) is 3.70. The van der Waals surface area contributed by atoms with Crippen LogP contribution in [0.5, 0.6) is 0 Å². The highest BCUT2D eigenvalue weighted by molar-refractivity contribution is 5.69. The first-order valence-corrected chi connectivity index (χ1v) is 5.54. The Kier molecular flexibility index (Phi) is 3.22. The van der Waals surface area contributed by atoms with Crippen LogP contribution in [0.2, 0.25) is 0 Å². The van der Waals surface area contributed by atoms with Crippen LogP contribution in [0.15, 0.2) is 18.3 Å². The summed E-state index contributed by atoms with van der Waals surface area (Å²) in [7, 11) is 0. The molecule has 2 aromatic rings. The Balaban J connectivity index is 2.63. The van der Waals surface area contributed by atoms with Gasteiger partial charge in [0.1, 0.15) is 5.69 Å². The topological polar surface area (TPSA) is 96.7 Å². The van der Waals surface area contributed by atoms with Crippen LogP contribution in [0.3, 0.4) is 0 Å². The zero-order chi connectivity index (χ0) is 13.1. The van der Waals surface area contributed by atoms with Crippen molar-refractivity contribution in [1.29, 1.82) is 0 Å². The van der Waals surface area contributed by atoms with Crippen molar-refractivity contribution in [3.63, 3.8) is 0 Å². The Labute approximate surface area is 103 Å². The third-order valence-corrected chi connectivity index (χ3v) is 2.43. The van der Waals surface area contributed by atoms with Crippen LogP contribution in [0.25, 0.3) is 11.4 Å². The molecule has 2 rings (SSSR count). The minimum atomic E-state index is -0.457. The van der Waals surface area contributed by atoms with Crippen molar-refractivity contribution in [1.82, 2.24) is 15.0 Å². The SMILES string of the molecule is CCNc1nc(C)c([N+](=O)[O-])c(-c2ccc[nH]2)n1. The third kappa shape index (κ3) is 2.15. The number of anilines is 1. The van der Waals surface area contributed by atoms with Crippen molar-refractivity contribution in [3.05, 3.63) is 34.1 Å². The van der Waals surface area contributed by atoms with Gasteiger partial charge >= 0.3 is 5.69 Å². The van der Waals surface area contributed by atoms with E-state index in [4.69, 9.17) is 0 Å². The molecule has 0 aliphatic carbocycles. The van der Waals surface area contributed by atoms with Crippen LogP contribution >= 0.6 is 0 Å². The van der Waals surface area contributed by atoms with Crippen molar-refractivity contribution < 1.29 is 4.92 Å². The molecule has 2 aromatic heterocycles. The molecule has 7 heteroatoms. The molecule has 0 saturated carbocycles. The molecule has 0 fully saturated rings. The molecule has 0 saturated heterocycles. The lowest BCUT2D eigenvalue weighted by Gasteiger charge is -2.07. The second kappa shape index (κ2) is 4.82. The molecule has 0 aliphatic heterocycles. The van der Waals surface area contributed by atoms with Gasteiger partial charge in [-0.3, -0.25) is 10.1 Å². The quantitative estimate of drug-likeness (QED) is 0.637. The van der Waals surface area contributed by atoms with Crippen molar-refractivity contribution in [2.24, 2.45) is 0 Å². The summed E-state index contributed by atoms with van der Waals surface area (Å²) in [5.41, 5.74) is 1.18. The van der Waals surface area contributed by atoms with Crippen molar-refractivity contribution >= 4 is 11.6 Å². The predicted octanol–water partition coefficient (Wildman–Crippen LogP) is 2.12. The molecule has 0 unspecified atom stereocenters. The average molecular weight is 247 g/mol. The largest absolute Gasteiger partial charge is 0.360 e. The number of H-pyrrole nitrogens is 1. The Morgan fingerprint density at radius 2 is 2.28 bits per heavy atom. The third-order valence-electron chi connectivity index (χ3n) is 2.43. The predicted molar refractivity (Wildman–Crippen MR) is 67.4 cm³/mol. The monoisotopic (exact) mass is 247 g/mol. The van der Waals surface area contributed by atoms with Crippen LogP contribution in [0, 0.1) is 17.0 Å². The highest BCUT2D eigenvalue weighted by Crippen LogP contribution is 2.29. The zero-order valence-electron chi connectivity index (χ0n) is 10.1. The lowest BCUT2D eigenvalue weighted by atomic mass is 10.2. The normalized spacial score (nSPS) is 10.3. The number of aromatic amines is 1. The van der Waals surface area contributed by atoms with E-state index in [0.717, 1.165) is 0 Å². The molecular weight excluding hydrogens is 234 g/mol. The maximum atomic E-state index is 11.1. The van der Waals surface area contributed by atoms with E-state index in [1.807, 2.05) is 6.92 Å². The highest BCUT2D eigenvalue weighted by atomic mass is 16.6. The number of hydrogen-bond donors (Lipinski definition) is 2.